The predicted molar refractivity (Wildman–Crippen MR) is 87.4 cm³/mol. The molecule has 1 amide bonds. The molecule has 0 aromatic carbocycles. The Bertz CT molecular complexity index is 504. The fourth-order valence-electron chi connectivity index (χ4n) is 1.73. The van der Waals surface area contributed by atoms with E-state index in [0.29, 0.717) is 5.76 Å². The van der Waals surface area contributed by atoms with Crippen LogP contribution in [0.1, 0.15) is 57.0 Å². The molecule has 1 aromatic heterocycles. The van der Waals surface area contributed by atoms with Crippen LogP contribution in [0, 0.1) is 5.92 Å². The van der Waals surface area contributed by atoms with Crippen molar-refractivity contribution in [1.82, 2.24) is 5.32 Å². The number of alkyl carbamates (subject to hydrolysis) is 1. The third-order valence-electron chi connectivity index (χ3n) is 2.66. The number of hydrogen-bond acceptors (Lipinski definition) is 5. The van der Waals surface area contributed by atoms with Gasteiger partial charge in [0, 0.05) is 0 Å². The summed E-state index contributed by atoms with van der Waals surface area (Å²) in [5.41, 5.74) is -0.577. The van der Waals surface area contributed by atoms with Crippen LogP contribution in [0.5, 0.6) is 0 Å². The Hall–Kier alpha value is -1.63. The molecule has 0 aliphatic rings. The summed E-state index contributed by atoms with van der Waals surface area (Å²) < 4.78 is 15.3. The molecule has 0 bridgehead atoms. The van der Waals surface area contributed by atoms with Crippen LogP contribution in [0.2, 0.25) is 0 Å². The van der Waals surface area contributed by atoms with Gasteiger partial charge in [-0.3, -0.25) is 0 Å². The van der Waals surface area contributed by atoms with Gasteiger partial charge in [0.1, 0.15) is 11.4 Å². The number of methoxy groups -OCH3 is 1. The van der Waals surface area contributed by atoms with E-state index in [2.05, 4.69) is 10.1 Å². The number of esters is 1. The Balaban J connectivity index is 0.00000441. The van der Waals surface area contributed by atoms with Crippen LogP contribution in [0.3, 0.4) is 0 Å². The highest BCUT2D eigenvalue weighted by atomic mass is 32.1. The first-order chi connectivity index (χ1) is 9.64. The van der Waals surface area contributed by atoms with Crippen molar-refractivity contribution in [1.29, 1.82) is 0 Å². The minimum Gasteiger partial charge on any atom is -0.463 e. The fourth-order valence-corrected chi connectivity index (χ4v) is 1.73. The number of hydrogen-bond donors (Lipinski definition) is 1. The van der Waals surface area contributed by atoms with Gasteiger partial charge in [-0.05, 0) is 38.8 Å². The maximum atomic E-state index is 11.9. The first kappa shape index (κ1) is 20.4. The SMILES string of the molecule is COC(=O)c1ccc([C@@H](NC(=O)OC(C)(C)C)C(C)C)o1.S. The number of amides is 1. The van der Waals surface area contributed by atoms with Gasteiger partial charge in [-0.25, -0.2) is 9.59 Å². The lowest BCUT2D eigenvalue weighted by molar-refractivity contribution is 0.0480. The first-order valence-electron chi connectivity index (χ1n) is 6.81. The zero-order valence-electron chi connectivity index (χ0n) is 13.9. The first-order valence-corrected chi connectivity index (χ1v) is 6.81. The fraction of sp³-hybridized carbons (Fsp3) is 0.600. The van der Waals surface area contributed by atoms with E-state index < -0.39 is 23.7 Å². The van der Waals surface area contributed by atoms with Crippen LogP contribution >= 0.6 is 13.5 Å². The van der Waals surface area contributed by atoms with E-state index in [1.54, 1.807) is 26.8 Å². The highest BCUT2D eigenvalue weighted by Gasteiger charge is 2.26. The normalized spacial score (nSPS) is 12.3. The molecule has 0 saturated carbocycles. The summed E-state index contributed by atoms with van der Waals surface area (Å²) in [5, 5.41) is 2.75. The summed E-state index contributed by atoms with van der Waals surface area (Å²) in [7, 11) is 1.28. The zero-order valence-corrected chi connectivity index (χ0v) is 14.9. The molecule has 1 atom stereocenters. The second kappa shape index (κ2) is 8.12. The van der Waals surface area contributed by atoms with E-state index in [9.17, 15) is 9.59 Å². The topological polar surface area (TPSA) is 77.8 Å². The second-order valence-electron chi connectivity index (χ2n) is 6.06. The summed E-state index contributed by atoms with van der Waals surface area (Å²) in [4.78, 5) is 23.3. The van der Waals surface area contributed by atoms with Crippen molar-refractivity contribution in [3.05, 3.63) is 23.7 Å². The Morgan fingerprint density at radius 2 is 1.82 bits per heavy atom. The number of nitrogens with one attached hydrogen (secondary N) is 1. The van der Waals surface area contributed by atoms with E-state index in [4.69, 9.17) is 9.15 Å². The van der Waals surface area contributed by atoms with Gasteiger partial charge in [-0.1, -0.05) is 13.8 Å². The summed E-state index contributed by atoms with van der Waals surface area (Å²) in [6, 6.07) is 2.78. The summed E-state index contributed by atoms with van der Waals surface area (Å²) in [5.74, 6) is 0.0931. The largest absolute Gasteiger partial charge is 0.463 e. The molecule has 0 radical (unpaired) electrons. The average molecular weight is 331 g/mol. The molecule has 0 spiro atoms. The molecule has 7 heteroatoms. The number of furan rings is 1. The highest BCUT2D eigenvalue weighted by Crippen LogP contribution is 2.24. The van der Waals surface area contributed by atoms with Crippen molar-refractivity contribution in [2.24, 2.45) is 5.92 Å². The van der Waals surface area contributed by atoms with Gasteiger partial charge in [-0.15, -0.1) is 0 Å². The Kier molecular flexibility index (Phi) is 7.52. The van der Waals surface area contributed by atoms with Crippen LogP contribution in [-0.4, -0.2) is 24.8 Å². The van der Waals surface area contributed by atoms with E-state index in [0.717, 1.165) is 0 Å². The molecule has 0 aliphatic carbocycles. The zero-order chi connectivity index (χ0) is 16.2. The van der Waals surface area contributed by atoms with Crippen molar-refractivity contribution >= 4 is 25.6 Å². The lowest BCUT2D eigenvalue weighted by Crippen LogP contribution is -2.36. The molecular weight excluding hydrogens is 306 g/mol. The van der Waals surface area contributed by atoms with Crippen molar-refractivity contribution in [2.75, 3.05) is 7.11 Å². The molecule has 1 rings (SSSR count). The van der Waals surface area contributed by atoms with Gasteiger partial charge < -0.3 is 19.2 Å². The Labute approximate surface area is 138 Å². The lowest BCUT2D eigenvalue weighted by Gasteiger charge is -2.24. The van der Waals surface area contributed by atoms with Gasteiger partial charge >= 0.3 is 12.1 Å². The van der Waals surface area contributed by atoms with Crippen LogP contribution in [-0.2, 0) is 9.47 Å². The van der Waals surface area contributed by atoms with Crippen LogP contribution in [0.4, 0.5) is 4.79 Å². The van der Waals surface area contributed by atoms with Crippen LogP contribution < -0.4 is 5.32 Å². The minimum atomic E-state index is -0.577. The Morgan fingerprint density at radius 1 is 1.23 bits per heavy atom. The summed E-state index contributed by atoms with van der Waals surface area (Å²) >= 11 is 0. The third kappa shape index (κ3) is 6.01. The van der Waals surface area contributed by atoms with Gasteiger partial charge in [0.05, 0.1) is 13.2 Å². The maximum absolute atomic E-state index is 11.9. The van der Waals surface area contributed by atoms with Crippen molar-refractivity contribution < 1.29 is 23.5 Å². The lowest BCUT2D eigenvalue weighted by atomic mass is 10.0. The van der Waals surface area contributed by atoms with E-state index in [1.807, 2.05) is 13.8 Å². The van der Waals surface area contributed by atoms with E-state index >= 15 is 0 Å². The minimum absolute atomic E-state index is 0. The monoisotopic (exact) mass is 331 g/mol. The average Bonchev–Trinajstić information content (AvgIpc) is 2.81. The molecule has 1 aromatic rings. The van der Waals surface area contributed by atoms with Crippen LogP contribution in [0.25, 0.3) is 0 Å². The standard InChI is InChI=1S/C15H23NO5.H2S/c1-9(2)12(16-14(18)21-15(3,4)5)10-7-8-11(20-10)13(17)19-6;/h7-9,12H,1-6H3,(H,16,18);1H2/t12-;/m0./s1. The van der Waals surface area contributed by atoms with Gasteiger partial charge in [0.2, 0.25) is 5.76 Å². The third-order valence-corrected chi connectivity index (χ3v) is 2.66. The smallest absolute Gasteiger partial charge is 0.408 e. The number of rotatable bonds is 4. The number of carbonyl (C=O) groups is 2. The number of carbonyl (C=O) groups excluding carboxylic acids is 2. The molecule has 0 aliphatic heterocycles. The summed E-state index contributed by atoms with van der Waals surface area (Å²) in [6.45, 7) is 9.24. The van der Waals surface area contributed by atoms with Crippen molar-refractivity contribution in [3.63, 3.8) is 0 Å². The maximum Gasteiger partial charge on any atom is 0.408 e. The van der Waals surface area contributed by atoms with Crippen molar-refractivity contribution in [2.45, 2.75) is 46.3 Å². The summed E-state index contributed by atoms with van der Waals surface area (Å²) in [6.07, 6.45) is -0.530. The highest BCUT2D eigenvalue weighted by molar-refractivity contribution is 7.59. The van der Waals surface area contributed by atoms with Crippen LogP contribution in [0.15, 0.2) is 16.5 Å². The van der Waals surface area contributed by atoms with E-state index in [-0.39, 0.29) is 25.2 Å². The molecule has 0 unspecified atom stereocenters. The molecule has 1 N–H and O–H groups in total. The Morgan fingerprint density at radius 3 is 2.27 bits per heavy atom. The van der Waals surface area contributed by atoms with E-state index in [1.165, 1.54) is 13.2 Å². The molecule has 22 heavy (non-hydrogen) atoms. The van der Waals surface area contributed by atoms with Crippen molar-refractivity contribution in [3.8, 4) is 0 Å². The molecule has 126 valence electrons. The molecule has 1 heterocycles. The molecule has 0 saturated heterocycles. The predicted octanol–water partition coefficient (Wildman–Crippen LogP) is 3.40. The molecule has 6 nitrogen and oxygen atoms in total. The van der Waals surface area contributed by atoms with Gasteiger partial charge in [0.15, 0.2) is 0 Å². The molecular formula is C15H25NO5S. The van der Waals surface area contributed by atoms with Gasteiger partial charge in [0.25, 0.3) is 0 Å². The van der Waals surface area contributed by atoms with Gasteiger partial charge in [-0.2, -0.15) is 13.5 Å². The molecule has 0 fully saturated rings. The quantitative estimate of drug-likeness (QED) is 0.856. The number of ether oxygens (including phenoxy) is 2. The second-order valence-corrected chi connectivity index (χ2v) is 6.06.